The number of nitrogens with zero attached hydrogens (tertiary/aromatic N) is 2. The Morgan fingerprint density at radius 1 is 1.53 bits per heavy atom. The third-order valence-electron chi connectivity index (χ3n) is 2.92. The molecule has 0 atom stereocenters. The predicted octanol–water partition coefficient (Wildman–Crippen LogP) is 1.26. The van der Waals surface area contributed by atoms with Crippen LogP contribution in [0.15, 0.2) is 36.9 Å². The molecule has 0 saturated heterocycles. The van der Waals surface area contributed by atoms with Crippen molar-refractivity contribution in [2.45, 2.75) is 20.0 Å². The number of esters is 1. The Hall–Kier alpha value is -2.30. The van der Waals surface area contributed by atoms with Crippen molar-refractivity contribution in [2.24, 2.45) is 0 Å². The number of carbonyl (C=O) groups excluding carboxylic acids is 1. The molecule has 0 aliphatic carbocycles. The lowest BCUT2D eigenvalue weighted by atomic mass is 10.3. The van der Waals surface area contributed by atoms with E-state index >= 15 is 0 Å². The van der Waals surface area contributed by atoms with Crippen molar-refractivity contribution in [3.63, 3.8) is 0 Å². The van der Waals surface area contributed by atoms with Crippen LogP contribution < -0.4 is 10.3 Å². The van der Waals surface area contributed by atoms with Crippen LogP contribution >= 0.6 is 0 Å². The molecule has 1 aromatic carbocycles. The second kappa shape index (κ2) is 5.56. The first kappa shape index (κ1) is 13.1. The second-order valence-electron chi connectivity index (χ2n) is 4.14. The Morgan fingerprint density at radius 2 is 2.26 bits per heavy atom. The molecule has 0 amide bonds. The fourth-order valence-corrected chi connectivity index (χ4v) is 2.14. The van der Waals surface area contributed by atoms with Gasteiger partial charge in [0.25, 0.3) is 0 Å². The van der Waals surface area contributed by atoms with Crippen molar-refractivity contribution >= 4 is 23.0 Å². The largest absolute Gasteiger partial charge is 0.464 e. The second-order valence-corrected chi connectivity index (χ2v) is 4.14. The summed E-state index contributed by atoms with van der Waals surface area (Å²) in [5.74, 6) is 0.231. The summed E-state index contributed by atoms with van der Waals surface area (Å²) in [5.41, 5.74) is 8.01. The number of aromatic nitrogens is 2. The van der Waals surface area contributed by atoms with E-state index in [0.717, 1.165) is 11.0 Å². The third kappa shape index (κ3) is 2.45. The molecule has 0 saturated carbocycles. The van der Waals surface area contributed by atoms with Gasteiger partial charge in [0.1, 0.15) is 11.0 Å². The van der Waals surface area contributed by atoms with E-state index in [2.05, 4.69) is 6.58 Å². The summed E-state index contributed by atoms with van der Waals surface area (Å²) < 4.78 is 8.65. The molecule has 0 aliphatic rings. The van der Waals surface area contributed by atoms with Gasteiger partial charge in [0, 0.05) is 0 Å². The zero-order chi connectivity index (χ0) is 13.8. The minimum absolute atomic E-state index is 0.115. The Balaban J connectivity index is 2.50. The predicted molar refractivity (Wildman–Crippen MR) is 73.4 cm³/mol. The lowest BCUT2D eigenvalue weighted by Gasteiger charge is -2.01. The highest BCUT2D eigenvalue weighted by molar-refractivity contribution is 5.75. The van der Waals surface area contributed by atoms with Gasteiger partial charge in [-0.15, -0.1) is 0 Å². The summed E-state index contributed by atoms with van der Waals surface area (Å²) in [6, 6.07) is 7.76. The summed E-state index contributed by atoms with van der Waals surface area (Å²) in [4.78, 5) is 11.6. The SMILES string of the molecule is C=CCn1c(N)[n+](CC(=O)OCC)c2ccccc21. The number of benzene rings is 1. The maximum Gasteiger partial charge on any atom is 0.356 e. The molecule has 0 unspecified atom stereocenters. The average molecular weight is 260 g/mol. The molecule has 0 radical (unpaired) electrons. The standard InChI is InChI=1S/C14H17N3O2/c1-3-9-16-11-7-5-6-8-12(11)17(14(16)15)10-13(18)19-4-2/h3,5-8,15H,1,4,9-10H2,2H3/p+1. The maximum atomic E-state index is 11.6. The van der Waals surface area contributed by atoms with Crippen molar-refractivity contribution in [1.29, 1.82) is 0 Å². The molecule has 0 fully saturated rings. The van der Waals surface area contributed by atoms with Crippen LogP contribution in [0.2, 0.25) is 0 Å². The van der Waals surface area contributed by atoms with Gasteiger partial charge < -0.3 is 4.74 Å². The van der Waals surface area contributed by atoms with Crippen LogP contribution in [0.25, 0.3) is 11.0 Å². The van der Waals surface area contributed by atoms with Gasteiger partial charge in [-0.3, -0.25) is 5.73 Å². The number of anilines is 1. The number of rotatable bonds is 5. The highest BCUT2D eigenvalue weighted by Crippen LogP contribution is 2.15. The number of fused-ring (bicyclic) bond motifs is 1. The van der Waals surface area contributed by atoms with E-state index in [0.29, 0.717) is 19.1 Å². The van der Waals surface area contributed by atoms with Crippen molar-refractivity contribution in [1.82, 2.24) is 4.57 Å². The topological polar surface area (TPSA) is 61.1 Å². The first-order valence-corrected chi connectivity index (χ1v) is 6.22. The van der Waals surface area contributed by atoms with Crippen LogP contribution in [0.1, 0.15) is 6.92 Å². The molecule has 0 aliphatic heterocycles. The maximum absolute atomic E-state index is 11.6. The smallest absolute Gasteiger partial charge is 0.356 e. The van der Waals surface area contributed by atoms with Crippen LogP contribution in [-0.4, -0.2) is 17.1 Å². The Bertz CT molecular complexity index is 616. The van der Waals surface area contributed by atoms with Crippen molar-refractivity contribution in [2.75, 3.05) is 12.3 Å². The lowest BCUT2D eigenvalue weighted by Crippen LogP contribution is -2.41. The monoisotopic (exact) mass is 260 g/mol. The Kier molecular flexibility index (Phi) is 3.85. The third-order valence-corrected chi connectivity index (χ3v) is 2.92. The van der Waals surface area contributed by atoms with Crippen LogP contribution in [0.3, 0.4) is 0 Å². The number of ether oxygens (including phenoxy) is 1. The van der Waals surface area contributed by atoms with E-state index in [9.17, 15) is 4.79 Å². The van der Waals surface area contributed by atoms with Gasteiger partial charge >= 0.3 is 11.9 Å². The Labute approximate surface area is 111 Å². The number of nitrogen functional groups attached to an aromatic ring is 1. The fourth-order valence-electron chi connectivity index (χ4n) is 2.14. The van der Waals surface area contributed by atoms with Crippen molar-refractivity contribution in [3.05, 3.63) is 36.9 Å². The minimum Gasteiger partial charge on any atom is -0.464 e. The number of nitrogens with two attached hydrogens (primary N) is 1. The molecular weight excluding hydrogens is 242 g/mol. The van der Waals surface area contributed by atoms with Gasteiger partial charge in [0.15, 0.2) is 6.54 Å². The molecule has 2 N–H and O–H groups in total. The summed E-state index contributed by atoms with van der Waals surface area (Å²) in [6.07, 6.45) is 1.78. The van der Waals surface area contributed by atoms with Crippen LogP contribution in [0, 0.1) is 0 Å². The molecule has 5 heteroatoms. The zero-order valence-corrected chi connectivity index (χ0v) is 11.0. The molecule has 19 heavy (non-hydrogen) atoms. The zero-order valence-electron chi connectivity index (χ0n) is 11.0. The molecule has 0 spiro atoms. The molecule has 100 valence electrons. The van der Waals surface area contributed by atoms with E-state index in [-0.39, 0.29) is 12.5 Å². The number of hydrogen-bond acceptors (Lipinski definition) is 3. The molecule has 0 bridgehead atoms. The fraction of sp³-hybridized carbons (Fsp3) is 0.286. The van der Waals surface area contributed by atoms with Crippen molar-refractivity contribution in [3.8, 4) is 0 Å². The van der Waals surface area contributed by atoms with E-state index < -0.39 is 0 Å². The number of para-hydroxylation sites is 2. The average Bonchev–Trinajstić information content (AvgIpc) is 2.66. The molecule has 5 nitrogen and oxygen atoms in total. The van der Waals surface area contributed by atoms with Gasteiger partial charge in [-0.2, -0.15) is 0 Å². The van der Waals surface area contributed by atoms with E-state index in [1.807, 2.05) is 28.8 Å². The van der Waals surface area contributed by atoms with E-state index in [1.165, 1.54) is 0 Å². The number of carbonyl (C=O) groups is 1. The summed E-state index contributed by atoms with van der Waals surface area (Å²) in [5, 5.41) is 0. The summed E-state index contributed by atoms with van der Waals surface area (Å²) in [6.45, 7) is 6.59. The molecule has 2 aromatic rings. The molecular formula is C14H18N3O2+. The van der Waals surface area contributed by atoms with Crippen LogP contribution in [0.5, 0.6) is 0 Å². The summed E-state index contributed by atoms with van der Waals surface area (Å²) >= 11 is 0. The van der Waals surface area contributed by atoms with Crippen LogP contribution in [-0.2, 0) is 22.6 Å². The minimum atomic E-state index is -0.291. The quantitative estimate of drug-likeness (QED) is 0.500. The highest BCUT2D eigenvalue weighted by atomic mass is 16.5. The van der Waals surface area contributed by atoms with E-state index in [4.69, 9.17) is 10.5 Å². The molecule has 1 heterocycles. The Morgan fingerprint density at radius 3 is 2.95 bits per heavy atom. The molecule has 2 rings (SSSR count). The number of imidazole rings is 1. The molecule has 1 aromatic heterocycles. The highest BCUT2D eigenvalue weighted by Gasteiger charge is 2.22. The summed E-state index contributed by atoms with van der Waals surface area (Å²) in [7, 11) is 0. The van der Waals surface area contributed by atoms with Gasteiger partial charge in [-0.05, 0) is 19.1 Å². The van der Waals surface area contributed by atoms with E-state index in [1.54, 1.807) is 17.6 Å². The number of allylic oxidation sites excluding steroid dienone is 1. The lowest BCUT2D eigenvalue weighted by molar-refractivity contribution is -0.646. The van der Waals surface area contributed by atoms with Gasteiger partial charge in [0.2, 0.25) is 0 Å². The van der Waals surface area contributed by atoms with Crippen molar-refractivity contribution < 1.29 is 14.1 Å². The first-order valence-electron chi connectivity index (χ1n) is 6.22. The number of hydrogen-bond donors (Lipinski definition) is 1. The van der Waals surface area contributed by atoms with Gasteiger partial charge in [-0.1, -0.05) is 24.8 Å². The normalized spacial score (nSPS) is 10.6. The van der Waals surface area contributed by atoms with Gasteiger partial charge in [0.05, 0.1) is 13.2 Å². The van der Waals surface area contributed by atoms with Gasteiger partial charge in [-0.25, -0.2) is 13.9 Å². The van der Waals surface area contributed by atoms with Crippen LogP contribution in [0.4, 0.5) is 5.95 Å². The first-order chi connectivity index (χ1) is 9.19.